The monoisotopic (exact) mass is 344 g/mol. The predicted molar refractivity (Wildman–Crippen MR) is 94.8 cm³/mol. The maximum atomic E-state index is 13.3. The highest BCUT2D eigenvalue weighted by molar-refractivity contribution is 6.35. The molecule has 2 heterocycles. The fourth-order valence-corrected chi connectivity index (χ4v) is 4.01. The molecule has 4 nitrogen and oxygen atoms in total. The molecule has 0 radical (unpaired) electrons. The van der Waals surface area contributed by atoms with Crippen molar-refractivity contribution in [2.45, 2.75) is 33.6 Å². The first-order chi connectivity index (χ1) is 11.9. The van der Waals surface area contributed by atoms with Gasteiger partial charge < -0.3 is 4.90 Å². The molecule has 0 N–H and O–H groups in total. The molecule has 25 heavy (non-hydrogen) atoms. The third kappa shape index (κ3) is 3.32. The lowest BCUT2D eigenvalue weighted by Crippen LogP contribution is -2.42. The predicted octanol–water partition coefficient (Wildman–Crippen LogP) is 3.29. The van der Waals surface area contributed by atoms with Crippen molar-refractivity contribution in [3.63, 3.8) is 0 Å². The van der Waals surface area contributed by atoms with E-state index in [0.29, 0.717) is 41.6 Å². The second kappa shape index (κ2) is 6.98. The van der Waals surface area contributed by atoms with E-state index in [1.54, 1.807) is 12.1 Å². The molecule has 1 fully saturated rings. The number of amides is 2. The van der Waals surface area contributed by atoms with E-state index >= 15 is 0 Å². The van der Waals surface area contributed by atoms with Crippen molar-refractivity contribution in [2.24, 2.45) is 11.8 Å². The summed E-state index contributed by atoms with van der Waals surface area (Å²) in [5, 5.41) is 0. The van der Waals surface area contributed by atoms with Crippen molar-refractivity contribution in [1.82, 2.24) is 9.80 Å². The minimum absolute atomic E-state index is 0.215. The van der Waals surface area contributed by atoms with Crippen LogP contribution in [0.5, 0.6) is 0 Å². The van der Waals surface area contributed by atoms with Gasteiger partial charge >= 0.3 is 0 Å². The molecule has 5 heteroatoms. The lowest BCUT2D eigenvalue weighted by atomic mass is 9.91. The van der Waals surface area contributed by atoms with Crippen LogP contribution in [0.25, 0.3) is 5.57 Å². The van der Waals surface area contributed by atoms with Crippen LogP contribution in [-0.4, -0.2) is 41.2 Å². The topological polar surface area (TPSA) is 40.6 Å². The standard InChI is InChI=1S/C20H25FN2O2/c1-4-9-23-19(24)17(15-5-7-16(21)8-6-15)18(20(23)25)22-11-13(2)10-14(3)12-22/h5-8,13-14H,4,9-12H2,1-3H3. The van der Waals surface area contributed by atoms with E-state index in [1.165, 1.54) is 17.0 Å². The van der Waals surface area contributed by atoms with Gasteiger partial charge in [-0.2, -0.15) is 0 Å². The second-order valence-corrected chi connectivity index (χ2v) is 7.34. The Morgan fingerprint density at radius 1 is 1.04 bits per heavy atom. The van der Waals surface area contributed by atoms with Crippen molar-refractivity contribution in [1.29, 1.82) is 0 Å². The van der Waals surface area contributed by atoms with Gasteiger partial charge in [-0.05, 0) is 42.4 Å². The summed E-state index contributed by atoms with van der Waals surface area (Å²) in [5.41, 5.74) is 1.52. The third-order valence-corrected chi connectivity index (χ3v) is 4.91. The fourth-order valence-electron chi connectivity index (χ4n) is 4.01. The van der Waals surface area contributed by atoms with Crippen molar-refractivity contribution in [3.8, 4) is 0 Å². The molecule has 2 atom stereocenters. The number of hydrogen-bond donors (Lipinski definition) is 0. The van der Waals surface area contributed by atoms with Gasteiger partial charge in [0.25, 0.3) is 11.8 Å². The van der Waals surface area contributed by atoms with Gasteiger partial charge in [0.15, 0.2) is 0 Å². The molecule has 0 aromatic heterocycles. The van der Waals surface area contributed by atoms with E-state index in [4.69, 9.17) is 0 Å². The first-order valence-corrected chi connectivity index (χ1v) is 9.03. The summed E-state index contributed by atoms with van der Waals surface area (Å²) in [6, 6.07) is 5.84. The summed E-state index contributed by atoms with van der Waals surface area (Å²) in [6.07, 6.45) is 1.84. The Balaban J connectivity index is 2.07. The summed E-state index contributed by atoms with van der Waals surface area (Å²) >= 11 is 0. The van der Waals surface area contributed by atoms with Crippen LogP contribution in [0.2, 0.25) is 0 Å². The number of benzene rings is 1. The number of hydrogen-bond acceptors (Lipinski definition) is 3. The van der Waals surface area contributed by atoms with Gasteiger partial charge in [-0.1, -0.05) is 32.9 Å². The van der Waals surface area contributed by atoms with Gasteiger partial charge in [-0.15, -0.1) is 0 Å². The average molecular weight is 344 g/mol. The summed E-state index contributed by atoms with van der Waals surface area (Å²) in [4.78, 5) is 29.3. The molecule has 0 aliphatic carbocycles. The summed E-state index contributed by atoms with van der Waals surface area (Å²) in [6.45, 7) is 8.23. The van der Waals surface area contributed by atoms with E-state index in [0.717, 1.165) is 19.5 Å². The molecule has 2 unspecified atom stereocenters. The van der Waals surface area contributed by atoms with E-state index in [2.05, 4.69) is 18.7 Å². The third-order valence-electron chi connectivity index (χ3n) is 4.91. The van der Waals surface area contributed by atoms with E-state index in [1.807, 2.05) is 6.92 Å². The molecule has 0 saturated carbocycles. The Kier molecular flexibility index (Phi) is 4.93. The highest BCUT2D eigenvalue weighted by Gasteiger charge is 2.42. The van der Waals surface area contributed by atoms with Crippen molar-refractivity contribution >= 4 is 17.4 Å². The number of halogens is 1. The first kappa shape index (κ1) is 17.6. The van der Waals surface area contributed by atoms with Crippen molar-refractivity contribution in [3.05, 3.63) is 41.3 Å². The fraction of sp³-hybridized carbons (Fsp3) is 0.500. The Morgan fingerprint density at radius 2 is 1.64 bits per heavy atom. The SMILES string of the molecule is CCCN1C(=O)C(c2ccc(F)cc2)=C(N2CC(C)CC(C)C2)C1=O. The van der Waals surface area contributed by atoms with Crippen LogP contribution in [0, 0.1) is 17.7 Å². The molecule has 1 aromatic carbocycles. The summed E-state index contributed by atoms with van der Waals surface area (Å²) < 4.78 is 13.3. The van der Waals surface area contributed by atoms with Crippen LogP contribution in [0.4, 0.5) is 4.39 Å². The maximum Gasteiger partial charge on any atom is 0.277 e. The molecule has 2 aliphatic rings. The van der Waals surface area contributed by atoms with Gasteiger partial charge in [0.1, 0.15) is 11.5 Å². The number of nitrogens with zero attached hydrogens (tertiary/aromatic N) is 2. The van der Waals surface area contributed by atoms with Crippen LogP contribution in [0.15, 0.2) is 30.0 Å². The lowest BCUT2D eigenvalue weighted by molar-refractivity contribution is -0.137. The number of imide groups is 1. The molecule has 134 valence electrons. The number of carbonyl (C=O) groups excluding carboxylic acids is 2. The molecule has 2 aliphatic heterocycles. The first-order valence-electron chi connectivity index (χ1n) is 9.03. The van der Waals surface area contributed by atoms with Gasteiger partial charge in [0.05, 0.1) is 5.57 Å². The zero-order chi connectivity index (χ0) is 18.1. The largest absolute Gasteiger partial charge is 0.366 e. The van der Waals surface area contributed by atoms with Crippen molar-refractivity contribution < 1.29 is 14.0 Å². The molecule has 1 aromatic rings. The average Bonchev–Trinajstić information content (AvgIpc) is 2.80. The molecule has 3 rings (SSSR count). The van der Waals surface area contributed by atoms with E-state index in [-0.39, 0.29) is 17.6 Å². The molecule has 0 spiro atoms. The van der Waals surface area contributed by atoms with Gasteiger partial charge in [0, 0.05) is 19.6 Å². The molecular formula is C20H25FN2O2. The van der Waals surface area contributed by atoms with Crippen molar-refractivity contribution in [2.75, 3.05) is 19.6 Å². The Morgan fingerprint density at radius 3 is 2.20 bits per heavy atom. The van der Waals surface area contributed by atoms with Gasteiger partial charge in [-0.25, -0.2) is 4.39 Å². The Hall–Kier alpha value is -2.17. The van der Waals surface area contributed by atoms with Crippen LogP contribution < -0.4 is 0 Å². The number of likely N-dealkylation sites (tertiary alicyclic amines) is 1. The van der Waals surface area contributed by atoms with Crippen LogP contribution in [0.3, 0.4) is 0 Å². The number of carbonyl (C=O) groups is 2. The van der Waals surface area contributed by atoms with E-state index in [9.17, 15) is 14.0 Å². The lowest BCUT2D eigenvalue weighted by Gasteiger charge is -2.37. The quantitative estimate of drug-likeness (QED) is 0.787. The summed E-state index contributed by atoms with van der Waals surface area (Å²) in [7, 11) is 0. The molecular weight excluding hydrogens is 319 g/mol. The normalized spacial score (nSPS) is 24.5. The van der Waals surface area contributed by atoms with E-state index < -0.39 is 0 Å². The smallest absolute Gasteiger partial charge is 0.277 e. The van der Waals surface area contributed by atoms with Gasteiger partial charge in [-0.3, -0.25) is 14.5 Å². The highest BCUT2D eigenvalue weighted by atomic mass is 19.1. The minimum Gasteiger partial charge on any atom is -0.366 e. The van der Waals surface area contributed by atoms with Crippen LogP contribution >= 0.6 is 0 Å². The molecule has 1 saturated heterocycles. The Bertz CT molecular complexity index is 701. The number of rotatable bonds is 4. The zero-order valence-corrected chi connectivity index (χ0v) is 15.1. The maximum absolute atomic E-state index is 13.3. The Labute approximate surface area is 148 Å². The zero-order valence-electron chi connectivity index (χ0n) is 15.1. The van der Waals surface area contributed by atoms with Gasteiger partial charge in [0.2, 0.25) is 0 Å². The second-order valence-electron chi connectivity index (χ2n) is 7.34. The minimum atomic E-state index is -0.353. The van der Waals surface area contributed by atoms with Crippen LogP contribution in [-0.2, 0) is 9.59 Å². The van der Waals surface area contributed by atoms with Crippen LogP contribution in [0.1, 0.15) is 39.2 Å². The summed E-state index contributed by atoms with van der Waals surface area (Å²) in [5.74, 6) is 0.0998. The molecule has 0 bridgehead atoms. The highest BCUT2D eigenvalue weighted by Crippen LogP contribution is 2.35. The number of piperidine rings is 1. The molecule has 2 amide bonds.